The van der Waals surface area contributed by atoms with Crippen molar-refractivity contribution in [3.8, 4) is 11.5 Å². The molecule has 2 amide bonds. The van der Waals surface area contributed by atoms with Gasteiger partial charge in [0, 0.05) is 18.5 Å². The lowest BCUT2D eigenvalue weighted by molar-refractivity contribution is -0.137. The van der Waals surface area contributed by atoms with Gasteiger partial charge in [-0.2, -0.15) is 13.2 Å². The standard InChI is InChI=1S/C24H27F3N2O4S/c1-2-20-19(28-22(33-20)16-6-4-7-17(12-16)24(25,26)27)13-32-18-8-3-5-15(11-18)9-10-29-21(30)14-34-23(29)31/h4,6-7,12,15,18H,2-3,5,8-11,13-14H2,1H3/t15-,18-/m0/s1. The molecule has 1 aliphatic carbocycles. The van der Waals surface area contributed by atoms with Crippen LogP contribution in [0.1, 0.15) is 56.0 Å². The SMILES string of the molecule is CCc1oc(-c2cccc(C(F)(F)F)c2)nc1CO[C@H]1CCC[C@@H](CCN2C(=O)CSC2=O)C1. The molecule has 34 heavy (non-hydrogen) atoms. The van der Waals surface area contributed by atoms with Gasteiger partial charge in [0.1, 0.15) is 11.5 Å². The normalized spacial score (nSPS) is 21.5. The molecule has 1 aromatic heterocycles. The summed E-state index contributed by atoms with van der Waals surface area (Å²) in [6.07, 6.45) is 0.686. The summed E-state index contributed by atoms with van der Waals surface area (Å²) in [7, 11) is 0. The summed E-state index contributed by atoms with van der Waals surface area (Å²) in [5, 5.41) is -0.164. The number of hydrogen-bond donors (Lipinski definition) is 0. The predicted molar refractivity (Wildman–Crippen MR) is 121 cm³/mol. The highest BCUT2D eigenvalue weighted by Gasteiger charge is 2.32. The zero-order valence-electron chi connectivity index (χ0n) is 18.9. The second kappa shape index (κ2) is 10.5. The Morgan fingerprint density at radius 3 is 2.79 bits per heavy atom. The van der Waals surface area contributed by atoms with Gasteiger partial charge in [-0.1, -0.05) is 37.6 Å². The lowest BCUT2D eigenvalue weighted by Gasteiger charge is -2.29. The number of aromatic nitrogens is 1. The van der Waals surface area contributed by atoms with E-state index in [-0.39, 0.29) is 41.1 Å². The van der Waals surface area contributed by atoms with Crippen molar-refractivity contribution in [2.24, 2.45) is 5.92 Å². The van der Waals surface area contributed by atoms with Crippen LogP contribution in [0, 0.1) is 5.92 Å². The molecule has 2 fully saturated rings. The van der Waals surface area contributed by atoms with Crippen LogP contribution in [-0.2, 0) is 28.7 Å². The minimum Gasteiger partial charge on any atom is -0.441 e. The van der Waals surface area contributed by atoms with Crippen molar-refractivity contribution in [2.45, 2.75) is 64.3 Å². The van der Waals surface area contributed by atoms with Crippen molar-refractivity contribution in [1.82, 2.24) is 9.88 Å². The van der Waals surface area contributed by atoms with E-state index in [4.69, 9.17) is 9.15 Å². The summed E-state index contributed by atoms with van der Waals surface area (Å²) in [4.78, 5) is 29.4. The molecule has 2 atom stereocenters. The predicted octanol–water partition coefficient (Wildman–Crippen LogP) is 6.08. The summed E-state index contributed by atoms with van der Waals surface area (Å²) in [5.74, 6) is 1.24. The van der Waals surface area contributed by atoms with Gasteiger partial charge in [-0.3, -0.25) is 14.5 Å². The number of aryl methyl sites for hydroxylation is 1. The van der Waals surface area contributed by atoms with Gasteiger partial charge in [-0.15, -0.1) is 0 Å². The molecular weight excluding hydrogens is 469 g/mol. The number of oxazole rings is 1. The fraction of sp³-hybridized carbons (Fsp3) is 0.542. The zero-order valence-corrected chi connectivity index (χ0v) is 19.7. The van der Waals surface area contributed by atoms with Crippen molar-refractivity contribution in [3.63, 3.8) is 0 Å². The molecular formula is C24H27F3N2O4S. The van der Waals surface area contributed by atoms with Crippen LogP contribution in [0.15, 0.2) is 28.7 Å². The number of benzene rings is 1. The second-order valence-corrected chi connectivity index (χ2v) is 9.60. The number of amides is 2. The van der Waals surface area contributed by atoms with E-state index in [1.54, 1.807) is 6.07 Å². The molecule has 1 saturated heterocycles. The number of halogens is 3. The fourth-order valence-electron chi connectivity index (χ4n) is 4.49. The molecule has 0 spiro atoms. The molecule has 0 N–H and O–H groups in total. The summed E-state index contributed by atoms with van der Waals surface area (Å²) < 4.78 is 51.1. The highest BCUT2D eigenvalue weighted by molar-refractivity contribution is 8.14. The van der Waals surface area contributed by atoms with Crippen LogP contribution in [0.3, 0.4) is 0 Å². The van der Waals surface area contributed by atoms with Gasteiger partial charge in [0.15, 0.2) is 0 Å². The highest BCUT2D eigenvalue weighted by Crippen LogP contribution is 2.34. The van der Waals surface area contributed by atoms with Crippen LogP contribution in [0.4, 0.5) is 18.0 Å². The molecule has 0 radical (unpaired) electrons. The third-order valence-corrected chi connectivity index (χ3v) is 7.19. The van der Waals surface area contributed by atoms with E-state index < -0.39 is 11.7 Å². The van der Waals surface area contributed by atoms with Crippen LogP contribution >= 0.6 is 11.8 Å². The van der Waals surface area contributed by atoms with Gasteiger partial charge in [0.25, 0.3) is 5.24 Å². The van der Waals surface area contributed by atoms with Crippen LogP contribution in [0.5, 0.6) is 0 Å². The van der Waals surface area contributed by atoms with Crippen molar-refractivity contribution in [1.29, 1.82) is 0 Å². The number of imide groups is 1. The highest BCUT2D eigenvalue weighted by atomic mass is 32.2. The van der Waals surface area contributed by atoms with E-state index in [2.05, 4.69) is 4.98 Å². The largest absolute Gasteiger partial charge is 0.441 e. The number of ether oxygens (including phenoxy) is 1. The lowest BCUT2D eigenvalue weighted by Crippen LogP contribution is -2.32. The smallest absolute Gasteiger partial charge is 0.416 e. The summed E-state index contributed by atoms with van der Waals surface area (Å²) in [6, 6.07) is 4.95. The van der Waals surface area contributed by atoms with E-state index in [0.29, 0.717) is 30.3 Å². The van der Waals surface area contributed by atoms with E-state index in [1.807, 2.05) is 6.92 Å². The zero-order chi connectivity index (χ0) is 24.3. The van der Waals surface area contributed by atoms with Crippen LogP contribution in [0.2, 0.25) is 0 Å². The Morgan fingerprint density at radius 2 is 2.09 bits per heavy atom. The first-order valence-electron chi connectivity index (χ1n) is 11.5. The molecule has 2 aliphatic rings. The summed E-state index contributed by atoms with van der Waals surface area (Å²) in [6.45, 7) is 2.57. The maximum atomic E-state index is 13.1. The Hall–Kier alpha value is -2.33. The van der Waals surface area contributed by atoms with E-state index in [9.17, 15) is 22.8 Å². The Kier molecular flexibility index (Phi) is 7.67. The molecule has 0 unspecified atom stereocenters. The maximum Gasteiger partial charge on any atom is 0.416 e. The van der Waals surface area contributed by atoms with Gasteiger partial charge in [0.2, 0.25) is 11.8 Å². The number of thioether (sulfide) groups is 1. The monoisotopic (exact) mass is 496 g/mol. The Bertz CT molecular complexity index is 1020. The van der Waals surface area contributed by atoms with Crippen molar-refractivity contribution >= 4 is 22.9 Å². The number of hydrogen-bond acceptors (Lipinski definition) is 6. The maximum absolute atomic E-state index is 13.1. The molecule has 1 aliphatic heterocycles. The van der Waals surface area contributed by atoms with E-state index in [1.165, 1.54) is 11.0 Å². The number of alkyl halides is 3. The third kappa shape index (κ3) is 5.83. The molecule has 1 saturated carbocycles. The fourth-order valence-corrected chi connectivity index (χ4v) is 5.24. The average molecular weight is 497 g/mol. The summed E-state index contributed by atoms with van der Waals surface area (Å²) >= 11 is 1.05. The molecule has 0 bridgehead atoms. The Labute approximate surface area is 200 Å². The lowest BCUT2D eigenvalue weighted by atomic mass is 9.85. The topological polar surface area (TPSA) is 72.6 Å². The second-order valence-electron chi connectivity index (χ2n) is 8.68. The average Bonchev–Trinajstić information content (AvgIpc) is 3.38. The molecule has 1 aromatic carbocycles. The molecule has 6 nitrogen and oxygen atoms in total. The number of carbonyl (C=O) groups excluding carboxylic acids is 2. The van der Waals surface area contributed by atoms with Gasteiger partial charge < -0.3 is 9.15 Å². The molecule has 184 valence electrons. The molecule has 2 heterocycles. The Morgan fingerprint density at radius 1 is 1.26 bits per heavy atom. The quantitative estimate of drug-likeness (QED) is 0.441. The van der Waals surface area contributed by atoms with E-state index in [0.717, 1.165) is 56.0 Å². The van der Waals surface area contributed by atoms with Crippen LogP contribution in [0.25, 0.3) is 11.5 Å². The first-order valence-corrected chi connectivity index (χ1v) is 12.5. The molecule has 10 heteroatoms. The first-order chi connectivity index (χ1) is 16.2. The Balaban J connectivity index is 1.35. The van der Waals surface area contributed by atoms with Crippen LogP contribution in [-0.4, -0.2) is 39.4 Å². The van der Waals surface area contributed by atoms with Crippen molar-refractivity contribution in [3.05, 3.63) is 41.3 Å². The number of nitrogens with zero attached hydrogens (tertiary/aromatic N) is 2. The van der Waals surface area contributed by atoms with Gasteiger partial charge in [-0.05, 0) is 43.4 Å². The number of rotatable bonds is 8. The van der Waals surface area contributed by atoms with Crippen LogP contribution < -0.4 is 0 Å². The number of carbonyl (C=O) groups is 2. The molecule has 2 aromatic rings. The van der Waals surface area contributed by atoms with Gasteiger partial charge >= 0.3 is 6.18 Å². The van der Waals surface area contributed by atoms with Gasteiger partial charge in [-0.25, -0.2) is 4.98 Å². The third-order valence-electron chi connectivity index (χ3n) is 6.33. The van der Waals surface area contributed by atoms with Crippen molar-refractivity contribution in [2.75, 3.05) is 12.3 Å². The summed E-state index contributed by atoms with van der Waals surface area (Å²) in [5.41, 5.74) is 0.128. The minimum absolute atomic E-state index is 0.0246. The minimum atomic E-state index is -4.44. The first kappa shape index (κ1) is 24.8. The van der Waals surface area contributed by atoms with Gasteiger partial charge in [0.05, 0.1) is 24.0 Å². The molecule has 4 rings (SSSR count). The van der Waals surface area contributed by atoms with E-state index >= 15 is 0 Å². The van der Waals surface area contributed by atoms with Crippen molar-refractivity contribution < 1.29 is 31.9 Å².